The van der Waals surface area contributed by atoms with Crippen LogP contribution in [-0.2, 0) is 32.2 Å². The van der Waals surface area contributed by atoms with Gasteiger partial charge < -0.3 is 25.0 Å². The Hall–Kier alpha value is -3.60. The van der Waals surface area contributed by atoms with Crippen LogP contribution in [0.4, 0.5) is 5.69 Å². The molecule has 44 heavy (non-hydrogen) atoms. The number of amides is 1. The third-order valence-corrected chi connectivity index (χ3v) is 8.30. The lowest BCUT2D eigenvalue weighted by Gasteiger charge is -2.40. The molecule has 0 bridgehead atoms. The first kappa shape index (κ1) is 31.8. The number of unbranched alkanes of at least 4 members (excludes halogenated alkanes) is 1. The first-order valence-corrected chi connectivity index (χ1v) is 15.6. The van der Waals surface area contributed by atoms with E-state index in [0.29, 0.717) is 18.5 Å². The number of hydrogen-bond donors (Lipinski definition) is 3. The van der Waals surface area contributed by atoms with Gasteiger partial charge in [0.2, 0.25) is 5.91 Å². The quantitative estimate of drug-likeness (QED) is 0.232. The van der Waals surface area contributed by atoms with Crippen molar-refractivity contribution in [3.63, 3.8) is 0 Å². The Balaban J connectivity index is 1.20. The Bertz CT molecular complexity index is 1330. The summed E-state index contributed by atoms with van der Waals surface area (Å²) in [5.41, 5.74) is 4.81. The van der Waals surface area contributed by atoms with Crippen molar-refractivity contribution in [2.45, 2.75) is 63.8 Å². The van der Waals surface area contributed by atoms with Crippen LogP contribution in [0.25, 0.3) is 0 Å². The topological polar surface area (TPSA) is 112 Å². The van der Waals surface area contributed by atoms with E-state index < -0.39 is 12.3 Å². The SMILES string of the molecule is O=C(O)CCCCC(=O)Nc1ccc(C2OC(CN3CCN(Cc4ccccc4)CC3)CC(c3ccc(CO)cc3)O2)cc1. The van der Waals surface area contributed by atoms with Gasteiger partial charge in [0, 0.05) is 69.8 Å². The highest BCUT2D eigenvalue weighted by atomic mass is 16.7. The minimum absolute atomic E-state index is 0.00162. The maximum atomic E-state index is 12.3. The van der Waals surface area contributed by atoms with Gasteiger partial charge >= 0.3 is 5.97 Å². The molecule has 3 N–H and O–H groups in total. The van der Waals surface area contributed by atoms with Crippen molar-refractivity contribution >= 4 is 17.6 Å². The number of nitrogens with zero attached hydrogens (tertiary/aromatic N) is 2. The number of hydrogen-bond acceptors (Lipinski definition) is 7. The third-order valence-electron chi connectivity index (χ3n) is 8.30. The van der Waals surface area contributed by atoms with Crippen LogP contribution < -0.4 is 5.32 Å². The Labute approximate surface area is 259 Å². The smallest absolute Gasteiger partial charge is 0.303 e. The maximum Gasteiger partial charge on any atom is 0.303 e. The maximum absolute atomic E-state index is 12.3. The van der Waals surface area contributed by atoms with E-state index in [0.717, 1.165) is 62.4 Å². The van der Waals surface area contributed by atoms with Crippen LogP contribution in [0, 0.1) is 0 Å². The highest BCUT2D eigenvalue weighted by molar-refractivity contribution is 5.90. The molecule has 0 spiro atoms. The Morgan fingerprint density at radius 3 is 2.11 bits per heavy atom. The molecule has 5 rings (SSSR count). The molecule has 3 atom stereocenters. The molecule has 3 aromatic rings. The van der Waals surface area contributed by atoms with Crippen LogP contribution in [0.1, 0.15) is 66.8 Å². The van der Waals surface area contributed by atoms with Crippen molar-refractivity contribution in [1.82, 2.24) is 9.80 Å². The number of carbonyl (C=O) groups excluding carboxylic acids is 1. The van der Waals surface area contributed by atoms with E-state index in [1.165, 1.54) is 5.56 Å². The van der Waals surface area contributed by atoms with Crippen LogP contribution >= 0.6 is 0 Å². The summed E-state index contributed by atoms with van der Waals surface area (Å²) in [6, 6.07) is 26.0. The molecular formula is C35H43N3O6. The van der Waals surface area contributed by atoms with E-state index >= 15 is 0 Å². The van der Waals surface area contributed by atoms with Crippen LogP contribution in [-0.4, -0.2) is 70.7 Å². The highest BCUT2D eigenvalue weighted by Crippen LogP contribution is 2.38. The number of aliphatic hydroxyl groups excluding tert-OH is 1. The fourth-order valence-electron chi connectivity index (χ4n) is 5.80. The van der Waals surface area contributed by atoms with Crippen molar-refractivity contribution in [3.05, 3.63) is 101 Å². The Morgan fingerprint density at radius 2 is 1.43 bits per heavy atom. The van der Waals surface area contributed by atoms with Crippen molar-refractivity contribution in [2.24, 2.45) is 0 Å². The third kappa shape index (κ3) is 9.45. The molecule has 0 radical (unpaired) electrons. The summed E-state index contributed by atoms with van der Waals surface area (Å²) in [5.74, 6) is -0.982. The fourth-order valence-corrected chi connectivity index (χ4v) is 5.80. The fraction of sp³-hybridized carbons (Fsp3) is 0.429. The monoisotopic (exact) mass is 601 g/mol. The number of benzene rings is 3. The number of ether oxygens (including phenoxy) is 2. The highest BCUT2D eigenvalue weighted by Gasteiger charge is 2.33. The minimum Gasteiger partial charge on any atom is -0.481 e. The van der Waals surface area contributed by atoms with Gasteiger partial charge in [-0.2, -0.15) is 0 Å². The van der Waals surface area contributed by atoms with Crippen molar-refractivity contribution in [1.29, 1.82) is 0 Å². The van der Waals surface area contributed by atoms with Crippen LogP contribution in [0.15, 0.2) is 78.9 Å². The summed E-state index contributed by atoms with van der Waals surface area (Å²) in [5, 5.41) is 21.2. The summed E-state index contributed by atoms with van der Waals surface area (Å²) >= 11 is 0. The zero-order valence-corrected chi connectivity index (χ0v) is 25.1. The van der Waals surface area contributed by atoms with E-state index in [1.807, 2.05) is 48.5 Å². The van der Waals surface area contributed by atoms with Crippen LogP contribution in [0.3, 0.4) is 0 Å². The molecular weight excluding hydrogens is 558 g/mol. The van der Waals surface area contributed by atoms with E-state index in [4.69, 9.17) is 14.6 Å². The summed E-state index contributed by atoms with van der Waals surface area (Å²) in [6.07, 6.45) is 1.35. The van der Waals surface area contributed by atoms with Crippen molar-refractivity contribution < 1.29 is 29.3 Å². The molecule has 3 unspecified atom stereocenters. The molecule has 2 fully saturated rings. The summed E-state index contributed by atoms with van der Waals surface area (Å²) in [7, 11) is 0. The van der Waals surface area contributed by atoms with E-state index in [9.17, 15) is 14.7 Å². The molecule has 9 nitrogen and oxygen atoms in total. The van der Waals surface area contributed by atoms with E-state index in [1.54, 1.807) is 0 Å². The minimum atomic E-state index is -0.846. The molecule has 9 heteroatoms. The number of rotatable bonds is 13. The van der Waals surface area contributed by atoms with Gasteiger partial charge in [-0.25, -0.2) is 0 Å². The standard InChI is InChI=1S/C35H43N3O6/c39-25-27-10-12-28(13-11-27)32-22-31(24-38-20-18-37(19-21-38)23-26-6-2-1-3-7-26)43-35(44-32)29-14-16-30(17-15-29)36-33(40)8-4-5-9-34(41)42/h1-3,6-7,10-17,31-32,35,39H,4-5,8-9,18-25H2,(H,36,40)(H,41,42). The lowest BCUT2D eigenvalue weighted by molar-refractivity contribution is -0.253. The van der Waals surface area contributed by atoms with Gasteiger partial charge in [0.05, 0.1) is 18.8 Å². The van der Waals surface area contributed by atoms with Crippen LogP contribution in [0.2, 0.25) is 0 Å². The molecule has 2 aliphatic heterocycles. The lowest BCUT2D eigenvalue weighted by Crippen LogP contribution is -2.49. The van der Waals surface area contributed by atoms with Gasteiger partial charge in [0.1, 0.15) is 0 Å². The number of piperazine rings is 1. The van der Waals surface area contributed by atoms with E-state index in [-0.39, 0.29) is 37.6 Å². The number of aliphatic hydroxyl groups is 1. The lowest BCUT2D eigenvalue weighted by atomic mass is 9.99. The average Bonchev–Trinajstić information content (AvgIpc) is 3.05. The number of carbonyl (C=O) groups is 2. The average molecular weight is 602 g/mol. The van der Waals surface area contributed by atoms with Gasteiger partial charge in [-0.1, -0.05) is 66.7 Å². The molecule has 2 saturated heterocycles. The summed E-state index contributed by atoms with van der Waals surface area (Å²) in [4.78, 5) is 28.0. The second kappa shape index (κ2) is 15.9. The van der Waals surface area contributed by atoms with Crippen LogP contribution in [0.5, 0.6) is 0 Å². The second-order valence-corrected chi connectivity index (χ2v) is 11.7. The van der Waals surface area contributed by atoms with Gasteiger partial charge in [-0.05, 0) is 41.7 Å². The van der Waals surface area contributed by atoms with Gasteiger partial charge in [-0.15, -0.1) is 0 Å². The van der Waals surface area contributed by atoms with Gasteiger partial charge in [-0.3, -0.25) is 19.4 Å². The van der Waals surface area contributed by atoms with Gasteiger partial charge in [0.15, 0.2) is 6.29 Å². The predicted octanol–water partition coefficient (Wildman–Crippen LogP) is 5.13. The summed E-state index contributed by atoms with van der Waals surface area (Å²) < 4.78 is 13.0. The first-order valence-electron chi connectivity index (χ1n) is 15.6. The Kier molecular flexibility index (Phi) is 11.5. The normalized spacial score (nSPS) is 21.2. The zero-order valence-electron chi connectivity index (χ0n) is 25.1. The summed E-state index contributed by atoms with van der Waals surface area (Å²) in [6.45, 7) is 5.79. The second-order valence-electron chi connectivity index (χ2n) is 11.7. The van der Waals surface area contributed by atoms with Crippen molar-refractivity contribution in [3.8, 4) is 0 Å². The number of carboxylic acid groups (broad SMARTS) is 1. The molecule has 0 aromatic heterocycles. The molecule has 0 aliphatic carbocycles. The number of carboxylic acids is 1. The molecule has 0 saturated carbocycles. The molecule has 2 heterocycles. The number of anilines is 1. The number of aliphatic carboxylic acids is 1. The molecule has 3 aromatic carbocycles. The number of nitrogens with one attached hydrogen (secondary N) is 1. The van der Waals surface area contributed by atoms with E-state index in [2.05, 4.69) is 45.4 Å². The molecule has 1 amide bonds. The zero-order chi connectivity index (χ0) is 30.7. The first-order chi connectivity index (χ1) is 21.4. The van der Waals surface area contributed by atoms with Gasteiger partial charge in [0.25, 0.3) is 0 Å². The Morgan fingerprint density at radius 1 is 0.773 bits per heavy atom. The van der Waals surface area contributed by atoms with Crippen molar-refractivity contribution in [2.75, 3.05) is 38.0 Å². The molecule has 2 aliphatic rings. The largest absolute Gasteiger partial charge is 0.481 e. The molecule has 234 valence electrons. The predicted molar refractivity (Wildman–Crippen MR) is 168 cm³/mol.